The van der Waals surface area contributed by atoms with Crippen LogP contribution >= 0.6 is 0 Å². The van der Waals surface area contributed by atoms with E-state index >= 15 is 0 Å². The average molecular weight is 273 g/mol. The molecule has 1 fully saturated rings. The van der Waals surface area contributed by atoms with Crippen LogP contribution in [0.5, 0.6) is 0 Å². The minimum absolute atomic E-state index is 0.260. The Labute approximate surface area is 107 Å². The van der Waals surface area contributed by atoms with Crippen LogP contribution in [0, 0.1) is 5.92 Å². The Hall–Kier alpha value is -0.950. The molecule has 0 spiro atoms. The highest BCUT2D eigenvalue weighted by Crippen LogP contribution is 2.20. The van der Waals surface area contributed by atoms with Gasteiger partial charge in [-0.15, -0.1) is 0 Å². The van der Waals surface area contributed by atoms with Crippen molar-refractivity contribution in [1.82, 2.24) is 15.5 Å². The Kier molecular flexibility index (Phi) is 4.01. The monoisotopic (exact) mass is 273 g/mol. The summed E-state index contributed by atoms with van der Waals surface area (Å²) in [5, 5.41) is 6.38. The van der Waals surface area contributed by atoms with Crippen molar-refractivity contribution in [3.63, 3.8) is 0 Å². The molecule has 0 saturated carbocycles. The van der Waals surface area contributed by atoms with Crippen molar-refractivity contribution in [2.45, 2.75) is 31.4 Å². The summed E-state index contributed by atoms with van der Waals surface area (Å²) in [6.07, 6.45) is 4.20. The van der Waals surface area contributed by atoms with Gasteiger partial charge in [-0.3, -0.25) is 0 Å². The van der Waals surface area contributed by atoms with Gasteiger partial charge in [-0.1, -0.05) is 5.16 Å². The van der Waals surface area contributed by atoms with E-state index in [0.717, 1.165) is 32.4 Å². The zero-order valence-corrected chi connectivity index (χ0v) is 11.5. The molecule has 2 unspecified atom stereocenters. The molecule has 18 heavy (non-hydrogen) atoms. The molecule has 1 aromatic rings. The van der Waals surface area contributed by atoms with Crippen LogP contribution in [0.25, 0.3) is 0 Å². The SMILES string of the molecule is CC(c1noc(CC2CCCNC2)n1)S(C)(=O)=O. The maximum absolute atomic E-state index is 11.4. The molecule has 7 heteroatoms. The van der Waals surface area contributed by atoms with E-state index in [1.807, 2.05) is 0 Å². The molecule has 6 nitrogen and oxygen atoms in total. The highest BCUT2D eigenvalue weighted by atomic mass is 32.2. The fraction of sp³-hybridized carbons (Fsp3) is 0.818. The Balaban J connectivity index is 2.01. The van der Waals surface area contributed by atoms with Crippen molar-refractivity contribution in [3.8, 4) is 0 Å². The molecule has 0 amide bonds. The van der Waals surface area contributed by atoms with Crippen molar-refractivity contribution in [1.29, 1.82) is 0 Å². The number of nitrogens with zero attached hydrogens (tertiary/aromatic N) is 2. The summed E-state index contributed by atoms with van der Waals surface area (Å²) in [6, 6.07) is 0. The Bertz CT molecular complexity index is 491. The highest BCUT2D eigenvalue weighted by Gasteiger charge is 2.24. The van der Waals surface area contributed by atoms with Crippen molar-refractivity contribution < 1.29 is 12.9 Å². The quantitative estimate of drug-likeness (QED) is 0.870. The second-order valence-electron chi connectivity index (χ2n) is 4.93. The zero-order chi connectivity index (χ0) is 13.2. The summed E-state index contributed by atoms with van der Waals surface area (Å²) in [6.45, 7) is 3.60. The lowest BCUT2D eigenvalue weighted by Gasteiger charge is -2.20. The lowest BCUT2D eigenvalue weighted by atomic mass is 9.96. The van der Waals surface area contributed by atoms with Gasteiger partial charge in [0.05, 0.1) is 0 Å². The third-order valence-corrected chi connectivity index (χ3v) is 4.85. The molecule has 0 aliphatic carbocycles. The molecule has 0 bridgehead atoms. The van der Waals surface area contributed by atoms with Crippen LogP contribution < -0.4 is 5.32 Å². The number of sulfone groups is 1. The van der Waals surface area contributed by atoms with Gasteiger partial charge in [0.15, 0.2) is 15.7 Å². The smallest absolute Gasteiger partial charge is 0.227 e. The summed E-state index contributed by atoms with van der Waals surface area (Å²) in [7, 11) is -3.17. The molecular formula is C11H19N3O3S. The summed E-state index contributed by atoms with van der Waals surface area (Å²) in [4.78, 5) is 4.19. The second-order valence-corrected chi connectivity index (χ2v) is 7.30. The van der Waals surface area contributed by atoms with Crippen molar-refractivity contribution in [2.24, 2.45) is 5.92 Å². The molecule has 1 aliphatic heterocycles. The fourth-order valence-corrected chi connectivity index (χ4v) is 2.53. The minimum atomic E-state index is -3.17. The molecule has 102 valence electrons. The fourth-order valence-electron chi connectivity index (χ4n) is 2.05. The predicted octanol–water partition coefficient (Wildman–Crippen LogP) is 0.717. The van der Waals surface area contributed by atoms with E-state index in [-0.39, 0.29) is 5.82 Å². The maximum atomic E-state index is 11.4. The first-order valence-electron chi connectivity index (χ1n) is 6.19. The van der Waals surface area contributed by atoms with E-state index in [4.69, 9.17) is 4.52 Å². The molecule has 1 N–H and O–H groups in total. The largest absolute Gasteiger partial charge is 0.339 e. The van der Waals surface area contributed by atoms with E-state index < -0.39 is 15.1 Å². The first kappa shape index (κ1) is 13.5. The first-order chi connectivity index (χ1) is 8.47. The Morgan fingerprint density at radius 3 is 2.94 bits per heavy atom. The minimum Gasteiger partial charge on any atom is -0.339 e. The second kappa shape index (κ2) is 5.36. The van der Waals surface area contributed by atoms with Gasteiger partial charge in [-0.25, -0.2) is 8.42 Å². The van der Waals surface area contributed by atoms with Crippen LogP contribution in [0.15, 0.2) is 4.52 Å². The normalized spacial score (nSPS) is 22.9. The predicted molar refractivity (Wildman–Crippen MR) is 66.9 cm³/mol. The maximum Gasteiger partial charge on any atom is 0.227 e. The number of hydrogen-bond donors (Lipinski definition) is 1. The van der Waals surface area contributed by atoms with Crippen molar-refractivity contribution in [2.75, 3.05) is 19.3 Å². The van der Waals surface area contributed by atoms with Crippen LogP contribution in [0.3, 0.4) is 0 Å². The lowest BCUT2D eigenvalue weighted by molar-refractivity contribution is 0.314. The molecule has 2 rings (SSSR count). The lowest BCUT2D eigenvalue weighted by Crippen LogP contribution is -2.30. The standard InChI is InChI=1S/C11H19N3O3S/c1-8(18(2,15)16)11-13-10(17-14-11)6-9-4-3-5-12-7-9/h8-9,12H,3-7H2,1-2H3. The molecule has 2 atom stereocenters. The molecular weight excluding hydrogens is 254 g/mol. The number of aromatic nitrogens is 2. The average Bonchev–Trinajstić information content (AvgIpc) is 2.76. The third-order valence-electron chi connectivity index (χ3n) is 3.35. The number of piperidine rings is 1. The van der Waals surface area contributed by atoms with Crippen molar-refractivity contribution in [3.05, 3.63) is 11.7 Å². The molecule has 2 heterocycles. The molecule has 1 saturated heterocycles. The highest BCUT2D eigenvalue weighted by molar-refractivity contribution is 7.90. The van der Waals surface area contributed by atoms with Gasteiger partial charge in [0, 0.05) is 12.7 Å². The van der Waals surface area contributed by atoms with Crippen LogP contribution in [0.4, 0.5) is 0 Å². The Morgan fingerprint density at radius 1 is 1.56 bits per heavy atom. The number of rotatable bonds is 4. The van der Waals surface area contributed by atoms with Gasteiger partial charge in [0.2, 0.25) is 5.89 Å². The summed E-state index contributed by atoms with van der Waals surface area (Å²) in [5.74, 6) is 1.30. The summed E-state index contributed by atoms with van der Waals surface area (Å²) >= 11 is 0. The van der Waals surface area contributed by atoms with Gasteiger partial charge in [0.25, 0.3) is 0 Å². The number of hydrogen-bond acceptors (Lipinski definition) is 6. The van der Waals surface area contributed by atoms with E-state index in [9.17, 15) is 8.42 Å². The van der Waals surface area contributed by atoms with E-state index in [1.54, 1.807) is 6.92 Å². The first-order valence-corrected chi connectivity index (χ1v) is 8.14. The van der Waals surface area contributed by atoms with Crippen molar-refractivity contribution >= 4 is 9.84 Å². The van der Waals surface area contributed by atoms with E-state index in [0.29, 0.717) is 11.8 Å². The van der Waals surface area contributed by atoms with Gasteiger partial charge in [-0.05, 0) is 38.8 Å². The Morgan fingerprint density at radius 2 is 2.33 bits per heavy atom. The van der Waals surface area contributed by atoms with Gasteiger partial charge < -0.3 is 9.84 Å². The topological polar surface area (TPSA) is 85.1 Å². The van der Waals surface area contributed by atoms with Crippen LogP contribution in [0.2, 0.25) is 0 Å². The van der Waals surface area contributed by atoms with Crippen LogP contribution in [-0.4, -0.2) is 37.9 Å². The van der Waals surface area contributed by atoms with Gasteiger partial charge >= 0.3 is 0 Å². The zero-order valence-electron chi connectivity index (χ0n) is 10.7. The van der Waals surface area contributed by atoms with Crippen LogP contribution in [-0.2, 0) is 16.3 Å². The van der Waals surface area contributed by atoms with Crippen LogP contribution in [0.1, 0.15) is 36.7 Å². The molecule has 1 aliphatic rings. The molecule has 1 aromatic heterocycles. The summed E-state index contributed by atoms with van der Waals surface area (Å²) < 4.78 is 27.9. The van der Waals surface area contributed by atoms with Gasteiger partial charge in [0.1, 0.15) is 5.25 Å². The number of nitrogens with one attached hydrogen (secondary N) is 1. The summed E-state index contributed by atoms with van der Waals surface area (Å²) in [5.41, 5.74) is 0. The van der Waals surface area contributed by atoms with E-state index in [2.05, 4.69) is 15.5 Å². The molecule has 0 radical (unpaired) electrons. The molecule has 0 aromatic carbocycles. The van der Waals surface area contributed by atoms with Gasteiger partial charge in [-0.2, -0.15) is 4.98 Å². The third kappa shape index (κ3) is 3.29. The van der Waals surface area contributed by atoms with E-state index in [1.165, 1.54) is 6.26 Å².